The van der Waals surface area contributed by atoms with Crippen LogP contribution in [0, 0.1) is 5.92 Å². The molecular weight excluding hydrogens is 220 g/mol. The summed E-state index contributed by atoms with van der Waals surface area (Å²) in [6.45, 7) is 4.28. The molecule has 0 radical (unpaired) electrons. The fraction of sp³-hybridized carbons (Fsp3) is 0.833. The Bertz CT molecular complexity index is 275. The zero-order chi connectivity index (χ0) is 12.8. The van der Waals surface area contributed by atoms with Gasteiger partial charge >= 0.3 is 5.97 Å². The van der Waals surface area contributed by atoms with Crippen molar-refractivity contribution in [1.29, 1.82) is 0 Å². The highest BCUT2D eigenvalue weighted by Crippen LogP contribution is 2.17. The summed E-state index contributed by atoms with van der Waals surface area (Å²) in [5.41, 5.74) is 0. The van der Waals surface area contributed by atoms with Gasteiger partial charge in [-0.25, -0.2) is 4.79 Å². The Morgan fingerprint density at radius 2 is 2.00 bits per heavy atom. The molecule has 0 aliphatic heterocycles. The molecule has 0 aromatic carbocycles. The van der Waals surface area contributed by atoms with Gasteiger partial charge in [-0.2, -0.15) is 0 Å². The summed E-state index contributed by atoms with van der Waals surface area (Å²) in [7, 11) is 1.34. The van der Waals surface area contributed by atoms with Crippen molar-refractivity contribution in [3.63, 3.8) is 0 Å². The standard InChI is InChI=1S/C12H22N2O3/c1-8(2)6-10(12(16)17-3)14-11(15)7-13-9-4-5-9/h8-10,13H,4-7H2,1-3H3,(H,14,15). The van der Waals surface area contributed by atoms with E-state index in [0.29, 0.717) is 18.4 Å². The van der Waals surface area contributed by atoms with Gasteiger partial charge < -0.3 is 15.4 Å². The third-order valence-corrected chi connectivity index (χ3v) is 2.66. The van der Waals surface area contributed by atoms with Crippen molar-refractivity contribution in [1.82, 2.24) is 10.6 Å². The maximum absolute atomic E-state index is 11.6. The van der Waals surface area contributed by atoms with Crippen LogP contribution in [0.3, 0.4) is 0 Å². The molecule has 5 nitrogen and oxygen atoms in total. The number of amides is 1. The zero-order valence-corrected chi connectivity index (χ0v) is 10.8. The lowest BCUT2D eigenvalue weighted by Crippen LogP contribution is -2.46. The first-order valence-electron chi connectivity index (χ1n) is 6.13. The van der Waals surface area contributed by atoms with E-state index in [0.717, 1.165) is 12.8 Å². The lowest BCUT2D eigenvalue weighted by Gasteiger charge is -2.18. The summed E-state index contributed by atoms with van der Waals surface area (Å²) in [4.78, 5) is 23.1. The van der Waals surface area contributed by atoms with Crippen LogP contribution in [-0.4, -0.2) is 37.6 Å². The minimum absolute atomic E-state index is 0.145. The van der Waals surface area contributed by atoms with Gasteiger partial charge in [-0.15, -0.1) is 0 Å². The SMILES string of the molecule is COC(=O)C(CC(C)C)NC(=O)CNC1CC1. The van der Waals surface area contributed by atoms with Crippen molar-refractivity contribution in [3.8, 4) is 0 Å². The number of hydrogen-bond donors (Lipinski definition) is 2. The van der Waals surface area contributed by atoms with Gasteiger partial charge in [0.2, 0.25) is 5.91 Å². The summed E-state index contributed by atoms with van der Waals surface area (Å²) < 4.78 is 4.68. The van der Waals surface area contributed by atoms with E-state index >= 15 is 0 Å². The largest absolute Gasteiger partial charge is 0.467 e. The highest BCUT2D eigenvalue weighted by atomic mass is 16.5. The maximum Gasteiger partial charge on any atom is 0.328 e. The number of methoxy groups -OCH3 is 1. The molecule has 0 aromatic heterocycles. The third kappa shape index (κ3) is 5.68. The van der Waals surface area contributed by atoms with Crippen LogP contribution in [0.15, 0.2) is 0 Å². The molecular formula is C12H22N2O3. The zero-order valence-electron chi connectivity index (χ0n) is 10.8. The molecule has 98 valence electrons. The number of nitrogens with one attached hydrogen (secondary N) is 2. The van der Waals surface area contributed by atoms with E-state index in [4.69, 9.17) is 0 Å². The Morgan fingerprint density at radius 3 is 2.47 bits per heavy atom. The van der Waals surface area contributed by atoms with Crippen molar-refractivity contribution < 1.29 is 14.3 Å². The second-order valence-electron chi connectivity index (χ2n) is 4.93. The molecule has 1 saturated carbocycles. The fourth-order valence-corrected chi connectivity index (χ4v) is 1.60. The number of rotatable bonds is 7. The quantitative estimate of drug-likeness (QED) is 0.636. The van der Waals surface area contributed by atoms with Gasteiger partial charge in [0.05, 0.1) is 13.7 Å². The molecule has 5 heteroatoms. The Morgan fingerprint density at radius 1 is 1.35 bits per heavy atom. The molecule has 17 heavy (non-hydrogen) atoms. The lowest BCUT2D eigenvalue weighted by molar-refractivity contribution is -0.145. The molecule has 0 heterocycles. The first-order chi connectivity index (χ1) is 8.02. The van der Waals surface area contributed by atoms with Crippen LogP contribution in [0.5, 0.6) is 0 Å². The number of carbonyl (C=O) groups is 2. The van der Waals surface area contributed by atoms with E-state index in [1.165, 1.54) is 7.11 Å². The average Bonchev–Trinajstić information content (AvgIpc) is 3.07. The molecule has 0 saturated heterocycles. The first kappa shape index (κ1) is 14.0. The monoisotopic (exact) mass is 242 g/mol. The number of ether oxygens (including phenoxy) is 1. The fourth-order valence-electron chi connectivity index (χ4n) is 1.60. The molecule has 1 aliphatic carbocycles. The molecule has 1 amide bonds. The van der Waals surface area contributed by atoms with Crippen LogP contribution >= 0.6 is 0 Å². The minimum Gasteiger partial charge on any atom is -0.467 e. The average molecular weight is 242 g/mol. The van der Waals surface area contributed by atoms with Gasteiger partial charge in [-0.05, 0) is 25.2 Å². The molecule has 0 spiro atoms. The molecule has 0 aromatic rings. The molecule has 1 unspecified atom stereocenters. The van der Waals surface area contributed by atoms with Crippen molar-refractivity contribution in [2.45, 2.75) is 45.2 Å². The molecule has 1 rings (SSSR count). The Labute approximate surface area is 102 Å². The molecule has 1 fully saturated rings. The Kier molecular flexibility index (Phi) is 5.41. The van der Waals surface area contributed by atoms with Crippen LogP contribution in [0.25, 0.3) is 0 Å². The number of carbonyl (C=O) groups excluding carboxylic acids is 2. The predicted molar refractivity (Wildman–Crippen MR) is 64.4 cm³/mol. The first-order valence-corrected chi connectivity index (χ1v) is 6.13. The van der Waals surface area contributed by atoms with E-state index < -0.39 is 6.04 Å². The third-order valence-electron chi connectivity index (χ3n) is 2.66. The molecule has 1 aliphatic rings. The van der Waals surface area contributed by atoms with Crippen molar-refractivity contribution >= 4 is 11.9 Å². The van der Waals surface area contributed by atoms with Gasteiger partial charge in [0.25, 0.3) is 0 Å². The van der Waals surface area contributed by atoms with E-state index in [9.17, 15) is 9.59 Å². The van der Waals surface area contributed by atoms with Gasteiger partial charge in [0.1, 0.15) is 6.04 Å². The highest BCUT2D eigenvalue weighted by Gasteiger charge is 2.24. The Hall–Kier alpha value is -1.10. The molecule has 1 atom stereocenters. The summed E-state index contributed by atoms with van der Waals surface area (Å²) in [6.07, 6.45) is 2.88. The van der Waals surface area contributed by atoms with Crippen molar-refractivity contribution in [3.05, 3.63) is 0 Å². The summed E-state index contributed by atoms with van der Waals surface area (Å²) in [5.74, 6) is -0.192. The van der Waals surface area contributed by atoms with E-state index in [1.807, 2.05) is 13.8 Å². The summed E-state index contributed by atoms with van der Waals surface area (Å²) >= 11 is 0. The Balaban J connectivity index is 2.34. The number of hydrogen-bond acceptors (Lipinski definition) is 4. The van der Waals surface area contributed by atoms with E-state index in [2.05, 4.69) is 15.4 Å². The topological polar surface area (TPSA) is 67.4 Å². The summed E-state index contributed by atoms with van der Waals surface area (Å²) in [6, 6.07) is -0.0454. The van der Waals surface area contributed by atoms with Gasteiger partial charge in [-0.1, -0.05) is 13.8 Å². The van der Waals surface area contributed by atoms with Gasteiger partial charge in [0.15, 0.2) is 0 Å². The normalized spacial score (nSPS) is 16.7. The van der Waals surface area contributed by atoms with E-state index in [1.54, 1.807) is 0 Å². The van der Waals surface area contributed by atoms with Crippen LogP contribution in [-0.2, 0) is 14.3 Å². The lowest BCUT2D eigenvalue weighted by atomic mass is 10.0. The molecule has 2 N–H and O–H groups in total. The predicted octanol–water partition coefficient (Wildman–Crippen LogP) is 0.442. The van der Waals surface area contributed by atoms with Crippen molar-refractivity contribution in [2.24, 2.45) is 5.92 Å². The highest BCUT2D eigenvalue weighted by molar-refractivity contribution is 5.85. The van der Waals surface area contributed by atoms with Crippen molar-refractivity contribution in [2.75, 3.05) is 13.7 Å². The number of esters is 1. The molecule has 0 bridgehead atoms. The smallest absolute Gasteiger partial charge is 0.328 e. The van der Waals surface area contributed by atoms with Gasteiger partial charge in [-0.3, -0.25) is 4.79 Å². The second-order valence-corrected chi connectivity index (χ2v) is 4.93. The van der Waals surface area contributed by atoms with E-state index in [-0.39, 0.29) is 18.4 Å². The second kappa shape index (κ2) is 6.59. The van der Waals surface area contributed by atoms with Crippen LogP contribution < -0.4 is 10.6 Å². The minimum atomic E-state index is -0.534. The summed E-state index contributed by atoms with van der Waals surface area (Å²) in [5, 5.41) is 5.81. The van der Waals surface area contributed by atoms with Crippen LogP contribution in [0.2, 0.25) is 0 Å². The van der Waals surface area contributed by atoms with Gasteiger partial charge in [0, 0.05) is 6.04 Å². The van der Waals surface area contributed by atoms with Crippen LogP contribution in [0.1, 0.15) is 33.1 Å². The maximum atomic E-state index is 11.6. The van der Waals surface area contributed by atoms with Crippen LogP contribution in [0.4, 0.5) is 0 Å².